The molecule has 0 aliphatic rings. The van der Waals surface area contributed by atoms with Gasteiger partial charge in [-0.25, -0.2) is 19.5 Å². The van der Waals surface area contributed by atoms with Gasteiger partial charge in [0.25, 0.3) is 5.16 Å². The molecule has 1 aromatic carbocycles. The van der Waals surface area contributed by atoms with E-state index in [1.165, 1.54) is 12.4 Å². The first kappa shape index (κ1) is 19.8. The van der Waals surface area contributed by atoms with E-state index in [1.807, 2.05) is 50.6 Å². The van der Waals surface area contributed by atoms with Crippen molar-refractivity contribution in [3.8, 4) is 0 Å². The number of nitrogens with one attached hydrogen (secondary N) is 2. The molecule has 0 saturated heterocycles. The molecule has 2 N–H and O–H groups in total. The zero-order valence-electron chi connectivity index (χ0n) is 15.6. The molecule has 2 amide bonds. The molecule has 0 saturated carbocycles. The topological polar surface area (TPSA) is 101 Å². The first-order valence-electron chi connectivity index (χ1n) is 8.37. The molecule has 1 aromatic heterocycles. The fourth-order valence-electron chi connectivity index (χ4n) is 2.52. The van der Waals surface area contributed by atoms with E-state index < -0.39 is 21.2 Å². The lowest BCUT2D eigenvalue weighted by Gasteiger charge is -2.20. The normalized spacial score (nSPS) is 11.7. The van der Waals surface area contributed by atoms with Crippen LogP contribution in [-0.2, 0) is 10.0 Å². The Morgan fingerprint density at radius 3 is 1.96 bits per heavy atom. The Hall–Kier alpha value is -2.48. The van der Waals surface area contributed by atoms with Crippen LogP contribution in [0.4, 0.5) is 10.5 Å². The highest BCUT2D eigenvalue weighted by Gasteiger charge is 2.22. The number of aryl methyl sites for hydroxylation is 1. The van der Waals surface area contributed by atoms with Crippen molar-refractivity contribution in [1.29, 1.82) is 0 Å². The predicted molar refractivity (Wildman–Crippen MR) is 101 cm³/mol. The van der Waals surface area contributed by atoms with Crippen LogP contribution in [0, 0.1) is 6.92 Å². The smallest absolute Gasteiger partial charge is 0.307 e. The molecule has 1 heterocycles. The number of amides is 2. The molecular formula is C18H24N4O3S. The van der Waals surface area contributed by atoms with E-state index in [9.17, 15) is 13.2 Å². The van der Waals surface area contributed by atoms with Gasteiger partial charge in [-0.05, 0) is 35.4 Å². The van der Waals surface area contributed by atoms with E-state index in [0.29, 0.717) is 5.69 Å². The standard InChI is InChI=1S/C18H24N4O3S/c1-11(2)14-7-6-8-15(12(3)4)16(14)21-17(23)22-26(24,25)18-19-9-13(5)10-20-18/h6-12H,1-5H3,(H2,21,22,23). The van der Waals surface area contributed by atoms with Crippen LogP contribution in [-0.4, -0.2) is 24.4 Å². The van der Waals surface area contributed by atoms with Crippen molar-refractivity contribution >= 4 is 21.7 Å². The number of hydrogen-bond acceptors (Lipinski definition) is 5. The van der Waals surface area contributed by atoms with Crippen LogP contribution in [0.25, 0.3) is 0 Å². The lowest BCUT2D eigenvalue weighted by molar-refractivity contribution is 0.256. The maximum atomic E-state index is 12.4. The minimum atomic E-state index is -4.15. The summed E-state index contributed by atoms with van der Waals surface area (Å²) in [4.78, 5) is 19.9. The quantitative estimate of drug-likeness (QED) is 0.777. The van der Waals surface area contributed by atoms with Gasteiger partial charge < -0.3 is 5.32 Å². The fraction of sp³-hybridized carbons (Fsp3) is 0.389. The van der Waals surface area contributed by atoms with Crippen LogP contribution in [0.5, 0.6) is 0 Å². The van der Waals surface area contributed by atoms with E-state index >= 15 is 0 Å². The number of urea groups is 1. The van der Waals surface area contributed by atoms with E-state index in [1.54, 1.807) is 6.92 Å². The van der Waals surface area contributed by atoms with E-state index in [-0.39, 0.29) is 11.8 Å². The van der Waals surface area contributed by atoms with Crippen molar-refractivity contribution in [3.63, 3.8) is 0 Å². The number of anilines is 1. The zero-order chi connectivity index (χ0) is 19.5. The van der Waals surface area contributed by atoms with Crippen LogP contribution < -0.4 is 10.0 Å². The maximum absolute atomic E-state index is 12.4. The molecule has 140 valence electrons. The van der Waals surface area contributed by atoms with Gasteiger partial charge in [0.1, 0.15) is 0 Å². The summed E-state index contributed by atoms with van der Waals surface area (Å²) in [6.07, 6.45) is 2.76. The molecule has 0 unspecified atom stereocenters. The molecule has 0 aliphatic heterocycles. The second kappa shape index (κ2) is 7.82. The number of aromatic nitrogens is 2. The summed E-state index contributed by atoms with van der Waals surface area (Å²) in [5.41, 5.74) is 3.24. The minimum absolute atomic E-state index is 0.168. The molecule has 26 heavy (non-hydrogen) atoms. The molecular weight excluding hydrogens is 352 g/mol. The Balaban J connectivity index is 2.29. The van der Waals surface area contributed by atoms with Gasteiger partial charge in [0.15, 0.2) is 0 Å². The molecule has 0 atom stereocenters. The van der Waals surface area contributed by atoms with Gasteiger partial charge in [0.05, 0.1) is 0 Å². The molecule has 8 heteroatoms. The third kappa shape index (κ3) is 4.57. The van der Waals surface area contributed by atoms with Crippen molar-refractivity contribution in [2.75, 3.05) is 5.32 Å². The van der Waals surface area contributed by atoms with Crippen LogP contribution in [0.15, 0.2) is 35.7 Å². The Kier molecular flexibility index (Phi) is 5.97. The van der Waals surface area contributed by atoms with Crippen LogP contribution in [0.3, 0.4) is 0 Å². The number of hydrogen-bond donors (Lipinski definition) is 2. The maximum Gasteiger partial charge on any atom is 0.333 e. The summed E-state index contributed by atoms with van der Waals surface area (Å²) < 4.78 is 26.5. The largest absolute Gasteiger partial charge is 0.333 e. The number of para-hydroxylation sites is 1. The number of rotatable bonds is 5. The Bertz CT molecular complexity index is 865. The minimum Gasteiger partial charge on any atom is -0.307 e. The number of sulfonamides is 1. The number of benzene rings is 1. The molecule has 0 spiro atoms. The lowest BCUT2D eigenvalue weighted by atomic mass is 9.93. The van der Waals surface area contributed by atoms with Gasteiger partial charge in [-0.15, -0.1) is 0 Å². The van der Waals surface area contributed by atoms with E-state index in [4.69, 9.17) is 0 Å². The predicted octanol–water partition coefficient (Wildman–Crippen LogP) is 3.54. The number of nitrogens with zero attached hydrogens (tertiary/aromatic N) is 2. The van der Waals surface area contributed by atoms with E-state index in [2.05, 4.69) is 15.3 Å². The second-order valence-corrected chi connectivity index (χ2v) is 8.30. The fourth-order valence-corrected chi connectivity index (χ4v) is 3.29. The summed E-state index contributed by atoms with van der Waals surface area (Å²) in [5.74, 6) is 0.335. The number of carbonyl (C=O) groups excluding carboxylic acids is 1. The molecule has 0 bridgehead atoms. The van der Waals surface area contributed by atoms with Crippen molar-refractivity contribution < 1.29 is 13.2 Å². The molecule has 0 aliphatic carbocycles. The van der Waals surface area contributed by atoms with E-state index in [0.717, 1.165) is 16.7 Å². The van der Waals surface area contributed by atoms with Crippen molar-refractivity contribution in [1.82, 2.24) is 14.7 Å². The first-order chi connectivity index (χ1) is 12.1. The molecule has 7 nitrogen and oxygen atoms in total. The van der Waals surface area contributed by atoms with Crippen molar-refractivity contribution in [3.05, 3.63) is 47.3 Å². The molecule has 2 aromatic rings. The monoisotopic (exact) mass is 376 g/mol. The van der Waals surface area contributed by atoms with Gasteiger partial charge >= 0.3 is 16.1 Å². The van der Waals surface area contributed by atoms with Gasteiger partial charge in [-0.2, -0.15) is 8.42 Å². The highest BCUT2D eigenvalue weighted by Crippen LogP contribution is 2.32. The summed E-state index contributed by atoms with van der Waals surface area (Å²) in [7, 11) is -4.15. The highest BCUT2D eigenvalue weighted by molar-refractivity contribution is 7.89. The average Bonchev–Trinajstić information content (AvgIpc) is 2.54. The third-order valence-corrected chi connectivity index (χ3v) is 4.98. The van der Waals surface area contributed by atoms with Gasteiger partial charge in [-0.1, -0.05) is 45.9 Å². The summed E-state index contributed by atoms with van der Waals surface area (Å²) in [5, 5.41) is 2.25. The Labute approximate surface area is 154 Å². The van der Waals surface area contributed by atoms with Crippen molar-refractivity contribution in [2.24, 2.45) is 0 Å². The SMILES string of the molecule is Cc1cnc(S(=O)(=O)NC(=O)Nc2c(C(C)C)cccc2C(C)C)nc1. The third-order valence-electron chi connectivity index (χ3n) is 3.84. The molecule has 0 fully saturated rings. The molecule has 2 rings (SSSR count). The zero-order valence-corrected chi connectivity index (χ0v) is 16.4. The summed E-state index contributed by atoms with van der Waals surface area (Å²) in [6.45, 7) is 9.80. The van der Waals surface area contributed by atoms with Crippen LogP contribution in [0.1, 0.15) is 56.2 Å². The number of carbonyl (C=O) groups is 1. The van der Waals surface area contributed by atoms with Gasteiger partial charge in [0, 0.05) is 18.1 Å². The van der Waals surface area contributed by atoms with Crippen molar-refractivity contribution in [2.45, 2.75) is 51.6 Å². The van der Waals surface area contributed by atoms with Gasteiger partial charge in [-0.3, -0.25) is 0 Å². The highest BCUT2D eigenvalue weighted by atomic mass is 32.2. The first-order valence-corrected chi connectivity index (χ1v) is 9.85. The Morgan fingerprint density at radius 1 is 1.00 bits per heavy atom. The molecule has 0 radical (unpaired) electrons. The second-order valence-electron chi connectivity index (χ2n) is 6.72. The Morgan fingerprint density at radius 2 is 1.50 bits per heavy atom. The summed E-state index contributed by atoms with van der Waals surface area (Å²) in [6, 6.07) is 4.93. The summed E-state index contributed by atoms with van der Waals surface area (Å²) >= 11 is 0. The van der Waals surface area contributed by atoms with Gasteiger partial charge in [0.2, 0.25) is 0 Å². The van der Waals surface area contributed by atoms with Crippen LogP contribution in [0.2, 0.25) is 0 Å². The lowest BCUT2D eigenvalue weighted by Crippen LogP contribution is -2.35. The average molecular weight is 376 g/mol. The van der Waals surface area contributed by atoms with Crippen LogP contribution >= 0.6 is 0 Å².